The van der Waals surface area contributed by atoms with Gasteiger partial charge in [-0.15, -0.1) is 0 Å². The number of amides is 2. The number of rotatable bonds is 0. The monoisotopic (exact) mass is 650 g/mol. The van der Waals surface area contributed by atoms with Crippen molar-refractivity contribution >= 4 is 35.7 Å². The first kappa shape index (κ1) is 40.8. The Balaban J connectivity index is 0.000000460. The highest BCUT2D eigenvalue weighted by molar-refractivity contribution is 5.97. The molecule has 2 saturated heterocycles. The van der Waals surface area contributed by atoms with Gasteiger partial charge in [-0.2, -0.15) is 0 Å². The predicted molar refractivity (Wildman–Crippen MR) is 180 cm³/mol. The smallest absolute Gasteiger partial charge is 0.325 e. The van der Waals surface area contributed by atoms with Crippen LogP contribution in [0.5, 0.6) is 0 Å². The van der Waals surface area contributed by atoms with Crippen LogP contribution in [0.2, 0.25) is 0 Å². The number of cyclic esters (lactones) is 2. The van der Waals surface area contributed by atoms with Crippen LogP contribution in [-0.2, 0) is 28.7 Å². The lowest BCUT2D eigenvalue weighted by atomic mass is 10.1. The van der Waals surface area contributed by atoms with Gasteiger partial charge in [-0.3, -0.25) is 40.6 Å². The summed E-state index contributed by atoms with van der Waals surface area (Å²) in [7, 11) is 3.21. The minimum atomic E-state index is -0.361. The molecule has 0 radical (unpaired) electrons. The van der Waals surface area contributed by atoms with Gasteiger partial charge < -0.3 is 19.3 Å². The van der Waals surface area contributed by atoms with Crippen molar-refractivity contribution in [3.8, 4) is 0 Å². The summed E-state index contributed by atoms with van der Waals surface area (Å²) >= 11 is 0. The number of hydrogen-bond donors (Lipinski definition) is 4. The summed E-state index contributed by atoms with van der Waals surface area (Å²) < 4.78 is 10.7. The lowest BCUT2D eigenvalue weighted by molar-refractivity contribution is -0.149. The van der Waals surface area contributed by atoms with Crippen LogP contribution < -0.4 is 10.6 Å². The summed E-state index contributed by atoms with van der Waals surface area (Å²) in [5.74, 6) is -1.16. The quantitative estimate of drug-likeness (QED) is 0.245. The molecule has 0 saturated carbocycles. The predicted octanol–water partition coefficient (Wildman–Crippen LogP) is 5.63. The number of esters is 2. The molecule has 0 aromatic heterocycles. The fourth-order valence-electron chi connectivity index (χ4n) is 5.32. The van der Waals surface area contributed by atoms with Gasteiger partial charge in [0.15, 0.2) is 11.9 Å². The van der Waals surface area contributed by atoms with Crippen molar-refractivity contribution in [1.82, 2.24) is 20.4 Å². The number of ether oxygens (including phenoxy) is 2. The number of likely N-dealkylation sites (N-methyl/N-ethyl adjacent to an activating group) is 2. The summed E-state index contributed by atoms with van der Waals surface area (Å²) in [4.78, 5) is 50.0. The minimum absolute atomic E-state index is 0.0244. The molecular weight excluding hydrogens is 588 g/mol. The van der Waals surface area contributed by atoms with Crippen molar-refractivity contribution < 1.29 is 28.7 Å². The van der Waals surface area contributed by atoms with E-state index in [-0.39, 0.29) is 61.0 Å². The van der Waals surface area contributed by atoms with E-state index in [2.05, 4.69) is 10.6 Å². The molecule has 12 nitrogen and oxygen atoms in total. The number of carbonyl (C=O) groups is 4. The number of guanidine groups is 2. The number of nitrogens with zero attached hydrogens (tertiary/aromatic N) is 2. The zero-order valence-electron chi connectivity index (χ0n) is 29.1. The Morgan fingerprint density at radius 3 is 1.13 bits per heavy atom. The lowest BCUT2D eigenvalue weighted by Crippen LogP contribution is -2.44. The molecule has 4 N–H and O–H groups in total. The molecule has 2 amide bonds. The van der Waals surface area contributed by atoms with Crippen molar-refractivity contribution in [2.45, 2.75) is 154 Å². The molecule has 46 heavy (non-hydrogen) atoms. The van der Waals surface area contributed by atoms with Gasteiger partial charge in [0.2, 0.25) is 11.8 Å². The first-order valence-corrected chi connectivity index (χ1v) is 17.6. The van der Waals surface area contributed by atoms with E-state index < -0.39 is 0 Å². The van der Waals surface area contributed by atoms with E-state index >= 15 is 0 Å². The molecule has 0 aromatic rings. The van der Waals surface area contributed by atoms with Crippen LogP contribution >= 0.6 is 0 Å². The van der Waals surface area contributed by atoms with Crippen LogP contribution in [0.4, 0.5) is 0 Å². The zero-order chi connectivity index (χ0) is 34.2. The van der Waals surface area contributed by atoms with Gasteiger partial charge in [0.05, 0.1) is 12.2 Å². The fourth-order valence-corrected chi connectivity index (χ4v) is 5.32. The maximum Gasteiger partial charge on any atom is 0.325 e. The van der Waals surface area contributed by atoms with E-state index in [0.717, 1.165) is 51.4 Å². The maximum absolute atomic E-state index is 11.9. The standard InChI is InChI=1S/2C17H31N3O3/c2*1-14-11-9-7-5-3-4-6-8-10-12-15(21)19-17(18)20(2)13-16(22)23-14/h2*14H,3-13H2,1-2H3,(H2,18,19,21)/t14-;/m1./s1. The molecule has 2 atom stereocenters. The Morgan fingerprint density at radius 1 is 0.522 bits per heavy atom. The molecule has 1 unspecified atom stereocenters. The summed E-state index contributed by atoms with van der Waals surface area (Å²) in [6.07, 6.45) is 20.4. The maximum atomic E-state index is 11.9. The van der Waals surface area contributed by atoms with Crippen LogP contribution in [0.3, 0.4) is 0 Å². The molecule has 12 heteroatoms. The van der Waals surface area contributed by atoms with Crippen molar-refractivity contribution in [3.63, 3.8) is 0 Å². The van der Waals surface area contributed by atoms with E-state index in [1.165, 1.54) is 74.0 Å². The van der Waals surface area contributed by atoms with E-state index in [1.54, 1.807) is 14.1 Å². The van der Waals surface area contributed by atoms with E-state index in [9.17, 15) is 19.2 Å². The molecule has 2 rings (SSSR count). The molecule has 0 spiro atoms. The Bertz CT molecular complexity index is 871. The van der Waals surface area contributed by atoms with Crippen LogP contribution in [0.15, 0.2) is 0 Å². The Labute approximate surface area is 277 Å². The second-order valence-electron chi connectivity index (χ2n) is 12.8. The zero-order valence-corrected chi connectivity index (χ0v) is 29.1. The lowest BCUT2D eigenvalue weighted by Gasteiger charge is -2.21. The molecule has 2 heterocycles. The summed E-state index contributed by atoms with van der Waals surface area (Å²) in [6, 6.07) is 0. The second-order valence-corrected chi connectivity index (χ2v) is 12.8. The molecular formula is C34H62N6O6. The molecule has 0 bridgehead atoms. The van der Waals surface area contributed by atoms with Gasteiger partial charge in [0.1, 0.15) is 13.1 Å². The second kappa shape index (κ2) is 25.0. The van der Waals surface area contributed by atoms with Crippen LogP contribution in [0.25, 0.3) is 0 Å². The van der Waals surface area contributed by atoms with Crippen molar-refractivity contribution in [3.05, 3.63) is 0 Å². The van der Waals surface area contributed by atoms with Gasteiger partial charge in [0.25, 0.3) is 0 Å². The minimum Gasteiger partial charge on any atom is -0.461 e. The Kier molecular flexibility index (Phi) is 22.2. The first-order chi connectivity index (χ1) is 22.0. The average molecular weight is 651 g/mol. The van der Waals surface area contributed by atoms with Gasteiger partial charge in [-0.25, -0.2) is 0 Å². The van der Waals surface area contributed by atoms with Gasteiger partial charge >= 0.3 is 11.9 Å². The Morgan fingerprint density at radius 2 is 0.804 bits per heavy atom. The largest absolute Gasteiger partial charge is 0.461 e. The highest BCUT2D eigenvalue weighted by Crippen LogP contribution is 2.14. The van der Waals surface area contributed by atoms with Crippen LogP contribution in [0, 0.1) is 10.8 Å². The molecule has 264 valence electrons. The highest BCUT2D eigenvalue weighted by Gasteiger charge is 2.17. The third-order valence-electron chi connectivity index (χ3n) is 8.21. The van der Waals surface area contributed by atoms with Crippen molar-refractivity contribution in [1.29, 1.82) is 10.8 Å². The normalized spacial score (nSPS) is 24.3. The number of hydrogen-bond acceptors (Lipinski definition) is 8. The molecule has 0 aromatic carbocycles. The van der Waals surface area contributed by atoms with Crippen LogP contribution in [0.1, 0.15) is 142 Å². The summed E-state index contributed by atoms with van der Waals surface area (Å²) in [5, 5.41) is 20.7. The average Bonchev–Trinajstić information content (AvgIpc) is 2.98. The molecule has 2 aliphatic rings. The first-order valence-electron chi connectivity index (χ1n) is 17.6. The molecule has 2 aliphatic heterocycles. The van der Waals surface area contributed by atoms with E-state index in [4.69, 9.17) is 20.3 Å². The van der Waals surface area contributed by atoms with Gasteiger partial charge in [-0.1, -0.05) is 77.0 Å². The fraction of sp³-hybridized carbons (Fsp3) is 0.824. The van der Waals surface area contributed by atoms with E-state index in [0.29, 0.717) is 12.8 Å². The van der Waals surface area contributed by atoms with Gasteiger partial charge in [-0.05, 0) is 52.4 Å². The SMILES string of the molecule is CC1CCCCCCCCCCC(=O)NC(=N)N(C)CC(=O)O1.C[C@@H]1CCCCCCCCCCC(=O)NC(=N)N(C)CC(=O)O1. The summed E-state index contributed by atoms with van der Waals surface area (Å²) in [5.41, 5.74) is 0. The van der Waals surface area contributed by atoms with Crippen molar-refractivity contribution in [2.24, 2.45) is 0 Å². The van der Waals surface area contributed by atoms with Crippen molar-refractivity contribution in [2.75, 3.05) is 27.2 Å². The number of nitrogens with one attached hydrogen (secondary N) is 4. The number of carbonyl (C=O) groups excluding carboxylic acids is 4. The topological polar surface area (TPSA) is 165 Å². The van der Waals surface area contributed by atoms with Gasteiger partial charge in [0, 0.05) is 26.9 Å². The van der Waals surface area contributed by atoms with Crippen LogP contribution in [-0.4, -0.2) is 84.9 Å². The third-order valence-corrected chi connectivity index (χ3v) is 8.21. The molecule has 0 aliphatic carbocycles. The summed E-state index contributed by atoms with van der Waals surface area (Å²) in [6.45, 7) is 3.76. The van der Waals surface area contributed by atoms with E-state index in [1.807, 2.05) is 13.8 Å². The highest BCUT2D eigenvalue weighted by atomic mass is 16.5. The Hall–Kier alpha value is -3.18. The third kappa shape index (κ3) is 21.5. The molecule has 2 fully saturated rings.